The van der Waals surface area contributed by atoms with Crippen molar-refractivity contribution in [1.82, 2.24) is 9.97 Å². The highest BCUT2D eigenvalue weighted by Gasteiger charge is 2.17. The predicted octanol–water partition coefficient (Wildman–Crippen LogP) is 4.34. The van der Waals surface area contributed by atoms with Gasteiger partial charge in [0.1, 0.15) is 0 Å². The van der Waals surface area contributed by atoms with Crippen molar-refractivity contribution in [3.63, 3.8) is 0 Å². The van der Waals surface area contributed by atoms with Crippen LogP contribution in [0, 0.1) is 0 Å². The zero-order chi connectivity index (χ0) is 15.5. The van der Waals surface area contributed by atoms with E-state index in [2.05, 4.69) is 15.3 Å². The van der Waals surface area contributed by atoms with Crippen LogP contribution in [0.25, 0.3) is 11.0 Å². The van der Waals surface area contributed by atoms with Crippen molar-refractivity contribution in [2.45, 2.75) is 17.3 Å². The second-order valence-corrected chi connectivity index (χ2v) is 6.52. The number of hydrogen-bond donors (Lipinski definition) is 2. The molecular formula is C16H14ClN3OS. The average molecular weight is 332 g/mol. The second kappa shape index (κ2) is 6.42. The molecular weight excluding hydrogens is 318 g/mol. The SMILES string of the molecule is C[C@@H](Sc1nc2ccccc2[nH]1)C(=O)Nc1ccccc1Cl. The fourth-order valence-corrected chi connectivity index (χ4v) is 3.01. The lowest BCUT2D eigenvalue weighted by atomic mass is 10.3. The lowest BCUT2D eigenvalue weighted by Crippen LogP contribution is -2.22. The van der Waals surface area contributed by atoms with E-state index >= 15 is 0 Å². The Morgan fingerprint density at radius 1 is 1.23 bits per heavy atom. The largest absolute Gasteiger partial charge is 0.333 e. The Balaban J connectivity index is 1.69. The lowest BCUT2D eigenvalue weighted by Gasteiger charge is -2.11. The summed E-state index contributed by atoms with van der Waals surface area (Å²) in [5, 5.41) is 3.79. The van der Waals surface area contributed by atoms with Gasteiger partial charge in [-0.3, -0.25) is 4.79 Å². The molecule has 0 saturated heterocycles. The van der Waals surface area contributed by atoms with Crippen LogP contribution in [-0.4, -0.2) is 21.1 Å². The van der Waals surface area contributed by atoms with Gasteiger partial charge < -0.3 is 10.3 Å². The summed E-state index contributed by atoms with van der Waals surface area (Å²) in [4.78, 5) is 19.9. The number of aromatic amines is 1. The van der Waals surface area contributed by atoms with Crippen LogP contribution in [0.2, 0.25) is 5.02 Å². The Kier molecular flexibility index (Phi) is 4.36. The summed E-state index contributed by atoms with van der Waals surface area (Å²) in [6, 6.07) is 15.0. The van der Waals surface area contributed by atoms with Crippen molar-refractivity contribution in [2.24, 2.45) is 0 Å². The Hall–Kier alpha value is -1.98. The molecule has 6 heteroatoms. The number of imidazole rings is 1. The number of nitrogens with zero attached hydrogens (tertiary/aromatic N) is 1. The number of nitrogens with one attached hydrogen (secondary N) is 2. The van der Waals surface area contributed by atoms with Crippen LogP contribution in [0.5, 0.6) is 0 Å². The van der Waals surface area contributed by atoms with Crippen LogP contribution in [0.1, 0.15) is 6.92 Å². The fourth-order valence-electron chi connectivity index (χ4n) is 2.00. The molecule has 2 aromatic carbocycles. The van der Waals surface area contributed by atoms with Crippen LogP contribution in [0.3, 0.4) is 0 Å². The third-order valence-corrected chi connectivity index (χ3v) is 4.47. The maximum Gasteiger partial charge on any atom is 0.237 e. The van der Waals surface area contributed by atoms with Crippen LogP contribution >= 0.6 is 23.4 Å². The second-order valence-electron chi connectivity index (χ2n) is 4.79. The number of aromatic nitrogens is 2. The van der Waals surface area contributed by atoms with Gasteiger partial charge in [-0.05, 0) is 31.2 Å². The number of carbonyl (C=O) groups excluding carboxylic acids is 1. The minimum absolute atomic E-state index is 0.112. The monoisotopic (exact) mass is 331 g/mol. The van der Waals surface area contributed by atoms with Crippen molar-refractivity contribution >= 4 is 46.0 Å². The van der Waals surface area contributed by atoms with E-state index in [9.17, 15) is 4.79 Å². The van der Waals surface area contributed by atoms with Crippen LogP contribution in [0.15, 0.2) is 53.7 Å². The maximum atomic E-state index is 12.3. The maximum absolute atomic E-state index is 12.3. The molecule has 0 saturated carbocycles. The van der Waals surface area contributed by atoms with Gasteiger partial charge in [-0.1, -0.05) is 47.6 Å². The van der Waals surface area contributed by atoms with E-state index in [1.165, 1.54) is 11.8 Å². The molecule has 0 spiro atoms. The fraction of sp³-hybridized carbons (Fsp3) is 0.125. The Labute approximate surface area is 137 Å². The summed E-state index contributed by atoms with van der Waals surface area (Å²) in [6.07, 6.45) is 0. The molecule has 2 N–H and O–H groups in total. The highest BCUT2D eigenvalue weighted by atomic mass is 35.5. The third-order valence-electron chi connectivity index (χ3n) is 3.16. The summed E-state index contributed by atoms with van der Waals surface area (Å²) in [7, 11) is 0. The number of H-pyrrole nitrogens is 1. The zero-order valence-corrected chi connectivity index (χ0v) is 13.4. The predicted molar refractivity (Wildman–Crippen MR) is 91.5 cm³/mol. The first-order valence-corrected chi connectivity index (χ1v) is 8.06. The van der Waals surface area contributed by atoms with Gasteiger partial charge in [-0.25, -0.2) is 4.98 Å². The molecule has 3 aromatic rings. The number of rotatable bonds is 4. The van der Waals surface area contributed by atoms with Gasteiger partial charge in [0.05, 0.1) is 27.0 Å². The number of hydrogen-bond acceptors (Lipinski definition) is 3. The molecule has 4 nitrogen and oxygen atoms in total. The van der Waals surface area contributed by atoms with Crippen LogP contribution in [0.4, 0.5) is 5.69 Å². The number of thioether (sulfide) groups is 1. The highest BCUT2D eigenvalue weighted by Crippen LogP contribution is 2.26. The van der Waals surface area contributed by atoms with Crippen molar-refractivity contribution in [1.29, 1.82) is 0 Å². The van der Waals surface area contributed by atoms with Crippen LogP contribution < -0.4 is 5.32 Å². The molecule has 1 heterocycles. The Morgan fingerprint density at radius 3 is 2.73 bits per heavy atom. The van der Waals surface area contributed by atoms with Gasteiger partial charge in [0.15, 0.2) is 5.16 Å². The minimum atomic E-state index is -0.295. The molecule has 0 aliphatic rings. The first-order chi connectivity index (χ1) is 10.6. The van der Waals surface area contributed by atoms with Crippen LogP contribution in [-0.2, 0) is 4.79 Å². The molecule has 0 radical (unpaired) electrons. The van der Waals surface area contributed by atoms with E-state index in [4.69, 9.17) is 11.6 Å². The minimum Gasteiger partial charge on any atom is -0.333 e. The number of carbonyl (C=O) groups is 1. The quantitative estimate of drug-likeness (QED) is 0.699. The Morgan fingerprint density at radius 2 is 1.95 bits per heavy atom. The summed E-state index contributed by atoms with van der Waals surface area (Å²) < 4.78 is 0. The third kappa shape index (κ3) is 3.26. The van der Waals surface area contributed by atoms with Crippen molar-refractivity contribution < 1.29 is 4.79 Å². The van der Waals surface area contributed by atoms with E-state index in [-0.39, 0.29) is 11.2 Å². The topological polar surface area (TPSA) is 57.8 Å². The number of para-hydroxylation sites is 3. The van der Waals surface area contributed by atoms with Crippen molar-refractivity contribution in [2.75, 3.05) is 5.32 Å². The molecule has 1 amide bonds. The normalized spacial score (nSPS) is 12.3. The van der Waals surface area contributed by atoms with Gasteiger partial charge in [0, 0.05) is 0 Å². The zero-order valence-electron chi connectivity index (χ0n) is 11.8. The van der Waals surface area contributed by atoms with Gasteiger partial charge in [0.2, 0.25) is 5.91 Å². The number of anilines is 1. The van der Waals surface area contributed by atoms with E-state index in [1.807, 2.05) is 43.3 Å². The highest BCUT2D eigenvalue weighted by molar-refractivity contribution is 8.00. The summed E-state index contributed by atoms with van der Waals surface area (Å²) in [5.41, 5.74) is 2.47. The molecule has 1 atom stereocenters. The van der Waals surface area contributed by atoms with Gasteiger partial charge in [0.25, 0.3) is 0 Å². The summed E-state index contributed by atoms with van der Waals surface area (Å²) in [5.74, 6) is -0.112. The summed E-state index contributed by atoms with van der Waals surface area (Å²) >= 11 is 7.43. The molecule has 22 heavy (non-hydrogen) atoms. The van der Waals surface area contributed by atoms with Crippen molar-refractivity contribution in [3.8, 4) is 0 Å². The molecule has 0 aliphatic heterocycles. The summed E-state index contributed by atoms with van der Waals surface area (Å²) in [6.45, 7) is 1.84. The molecule has 0 aliphatic carbocycles. The van der Waals surface area contributed by atoms with Gasteiger partial charge in [-0.2, -0.15) is 0 Å². The van der Waals surface area contributed by atoms with Crippen molar-refractivity contribution in [3.05, 3.63) is 53.6 Å². The molecule has 0 bridgehead atoms. The molecule has 1 aromatic heterocycles. The molecule has 0 unspecified atom stereocenters. The number of benzene rings is 2. The number of fused-ring (bicyclic) bond motifs is 1. The van der Waals surface area contributed by atoms with E-state index in [0.29, 0.717) is 10.7 Å². The first kappa shape index (κ1) is 14.9. The van der Waals surface area contributed by atoms with E-state index < -0.39 is 0 Å². The van der Waals surface area contributed by atoms with Gasteiger partial charge in [-0.15, -0.1) is 0 Å². The smallest absolute Gasteiger partial charge is 0.237 e. The Bertz CT molecular complexity index is 785. The van der Waals surface area contributed by atoms with E-state index in [1.54, 1.807) is 12.1 Å². The average Bonchev–Trinajstić information content (AvgIpc) is 2.91. The molecule has 112 valence electrons. The van der Waals surface area contributed by atoms with E-state index in [0.717, 1.165) is 16.2 Å². The molecule has 0 fully saturated rings. The molecule has 3 rings (SSSR count). The first-order valence-electron chi connectivity index (χ1n) is 6.80. The standard InChI is InChI=1S/C16H14ClN3OS/c1-10(15(21)18-12-7-3-2-6-11(12)17)22-16-19-13-8-4-5-9-14(13)20-16/h2-10H,1H3,(H,18,21)(H,19,20)/t10-/m1/s1. The number of halogens is 1. The van der Waals surface area contributed by atoms with Gasteiger partial charge >= 0.3 is 0 Å². The lowest BCUT2D eigenvalue weighted by molar-refractivity contribution is -0.115. The number of amides is 1.